The Balaban J connectivity index is 1.92. The van der Waals surface area contributed by atoms with Crippen LogP contribution in [0.5, 0.6) is 0 Å². The Morgan fingerprint density at radius 3 is 2.50 bits per heavy atom. The number of halogens is 5. The third kappa shape index (κ3) is 4.09. The van der Waals surface area contributed by atoms with Crippen molar-refractivity contribution in [2.45, 2.75) is 18.7 Å². The summed E-state index contributed by atoms with van der Waals surface area (Å²) in [5.74, 6) is -5.93. The number of pyridine rings is 1. The van der Waals surface area contributed by atoms with Gasteiger partial charge >= 0.3 is 12.2 Å². The summed E-state index contributed by atoms with van der Waals surface area (Å²) in [5, 5.41) is 6.53. The fourth-order valence-corrected chi connectivity index (χ4v) is 3.79. The molecule has 0 aromatic carbocycles. The first kappa shape index (κ1) is 20.1. The number of aromatic nitrogens is 4. The van der Waals surface area contributed by atoms with Crippen LogP contribution in [-0.4, -0.2) is 34.3 Å². The normalized spacial score (nSPS) is 12.1. The molecule has 0 N–H and O–H groups in total. The van der Waals surface area contributed by atoms with Crippen molar-refractivity contribution >= 4 is 27.0 Å². The largest absolute Gasteiger partial charge is 0.414 e. The number of anilines is 1. The number of rotatable bonds is 7. The summed E-state index contributed by atoms with van der Waals surface area (Å²) in [5.41, 5.74) is -0.435. The van der Waals surface area contributed by atoms with Gasteiger partial charge in [0.2, 0.25) is 0 Å². The molecule has 0 unspecified atom stereocenters. The second-order valence-electron chi connectivity index (χ2n) is 5.04. The number of nitrogens with zero attached hydrogens (tertiary/aromatic N) is 5. The minimum absolute atomic E-state index is 0.0136. The summed E-state index contributed by atoms with van der Waals surface area (Å²) < 4.78 is 93.4. The van der Waals surface area contributed by atoms with E-state index in [0.29, 0.717) is 6.07 Å². The molecule has 0 aliphatic rings. The fourth-order valence-electron chi connectivity index (χ4n) is 1.99. The van der Waals surface area contributed by atoms with E-state index < -0.39 is 46.1 Å². The van der Waals surface area contributed by atoms with Crippen LogP contribution < -0.4 is 4.31 Å². The number of alkyl halides is 4. The zero-order valence-electron chi connectivity index (χ0n) is 13.3. The highest BCUT2D eigenvalue weighted by Crippen LogP contribution is 2.30. The molecule has 3 aromatic rings. The molecule has 8 nitrogen and oxygen atoms in total. The first-order valence-corrected chi connectivity index (χ1v) is 9.47. The molecule has 3 heterocycles. The third-order valence-electron chi connectivity index (χ3n) is 3.18. The Kier molecular flexibility index (Phi) is 5.55. The lowest BCUT2D eigenvalue weighted by molar-refractivity contribution is 0.116. The molecule has 150 valence electrons. The minimum Gasteiger partial charge on any atom is -0.414 e. The van der Waals surface area contributed by atoms with Gasteiger partial charge in [-0.3, -0.25) is 9.29 Å². The summed E-state index contributed by atoms with van der Waals surface area (Å²) in [6, 6.07) is 0.717. The maximum absolute atomic E-state index is 13.4. The highest BCUT2D eigenvalue weighted by atomic mass is 32.2. The van der Waals surface area contributed by atoms with Crippen molar-refractivity contribution in [1.82, 2.24) is 20.2 Å². The molecule has 3 aromatic heterocycles. The number of hydrogen-bond donors (Lipinski definition) is 0. The summed E-state index contributed by atoms with van der Waals surface area (Å²) in [6.45, 7) is -0.682. The van der Waals surface area contributed by atoms with Gasteiger partial charge in [0.25, 0.3) is 21.8 Å². The molecule has 15 heteroatoms. The minimum atomic E-state index is -5.16. The lowest BCUT2D eigenvalue weighted by Gasteiger charge is -2.22. The molecule has 0 fully saturated rings. The van der Waals surface area contributed by atoms with Gasteiger partial charge in [0.05, 0.1) is 30.8 Å². The van der Waals surface area contributed by atoms with Gasteiger partial charge in [-0.15, -0.1) is 21.5 Å². The molecule has 0 spiro atoms. The van der Waals surface area contributed by atoms with E-state index in [-0.39, 0.29) is 20.1 Å². The van der Waals surface area contributed by atoms with Crippen molar-refractivity contribution in [1.29, 1.82) is 0 Å². The van der Waals surface area contributed by atoms with Crippen LogP contribution in [0.3, 0.4) is 0 Å². The van der Waals surface area contributed by atoms with Gasteiger partial charge in [0, 0.05) is 6.07 Å². The predicted octanol–water partition coefficient (Wildman–Crippen LogP) is 3.22. The molecular weight excluding hydrogens is 433 g/mol. The molecule has 3 rings (SSSR count). The third-order valence-corrected chi connectivity index (χ3v) is 5.56. The van der Waals surface area contributed by atoms with Crippen molar-refractivity contribution in [3.05, 3.63) is 41.4 Å². The van der Waals surface area contributed by atoms with Crippen molar-refractivity contribution in [3.63, 3.8) is 0 Å². The Hall–Kier alpha value is -2.68. The van der Waals surface area contributed by atoms with E-state index in [4.69, 9.17) is 4.42 Å². The number of hydrogen-bond acceptors (Lipinski definition) is 8. The van der Waals surface area contributed by atoms with Crippen LogP contribution in [-0.2, 0) is 16.6 Å². The van der Waals surface area contributed by atoms with Crippen molar-refractivity contribution < 1.29 is 34.8 Å². The highest BCUT2D eigenvalue weighted by Gasteiger charge is 2.33. The van der Waals surface area contributed by atoms with Crippen LogP contribution in [0.2, 0.25) is 0 Å². The van der Waals surface area contributed by atoms with Gasteiger partial charge in [-0.25, -0.2) is 17.8 Å². The summed E-state index contributed by atoms with van der Waals surface area (Å²) >= 11 is 0.749. The average Bonchev–Trinajstić information content (AvgIpc) is 3.28. The SMILES string of the molecule is O=S(=O)(C(F)F)N(Cc1ncc(-c2nnc(C(F)F)o2)s1)c1cncc(F)c1. The molecule has 28 heavy (non-hydrogen) atoms. The lowest BCUT2D eigenvalue weighted by atomic mass is 10.4. The van der Waals surface area contributed by atoms with Crippen LogP contribution >= 0.6 is 11.3 Å². The van der Waals surface area contributed by atoms with E-state index in [9.17, 15) is 30.4 Å². The quantitative estimate of drug-likeness (QED) is 0.519. The van der Waals surface area contributed by atoms with Gasteiger partial charge in [-0.1, -0.05) is 0 Å². The molecule has 0 aliphatic heterocycles. The van der Waals surface area contributed by atoms with Gasteiger partial charge in [-0.2, -0.15) is 17.6 Å². The zero-order valence-corrected chi connectivity index (χ0v) is 15.0. The van der Waals surface area contributed by atoms with Crippen LogP contribution in [0, 0.1) is 5.82 Å². The fraction of sp³-hybridized carbons (Fsp3) is 0.231. The monoisotopic (exact) mass is 441 g/mol. The second kappa shape index (κ2) is 7.75. The summed E-state index contributed by atoms with van der Waals surface area (Å²) in [6.07, 6.45) is -0.195. The van der Waals surface area contributed by atoms with Gasteiger partial charge in [0.1, 0.15) is 15.7 Å². The van der Waals surface area contributed by atoms with Crippen molar-refractivity contribution in [3.8, 4) is 10.8 Å². The van der Waals surface area contributed by atoms with Gasteiger partial charge in [-0.05, 0) is 0 Å². The van der Waals surface area contributed by atoms with Crippen molar-refractivity contribution in [2.75, 3.05) is 4.31 Å². The highest BCUT2D eigenvalue weighted by molar-refractivity contribution is 7.93. The maximum Gasteiger partial charge on any atom is 0.355 e. The Labute approximate surface area is 157 Å². The van der Waals surface area contributed by atoms with E-state index in [1.807, 2.05) is 0 Å². The van der Waals surface area contributed by atoms with E-state index in [1.54, 1.807) is 0 Å². The van der Waals surface area contributed by atoms with E-state index >= 15 is 0 Å². The van der Waals surface area contributed by atoms with Crippen LogP contribution in [0.4, 0.5) is 27.6 Å². The maximum atomic E-state index is 13.4. The second-order valence-corrected chi connectivity index (χ2v) is 7.98. The zero-order chi connectivity index (χ0) is 20.5. The van der Waals surface area contributed by atoms with E-state index in [2.05, 4.69) is 20.2 Å². The molecule has 0 amide bonds. The standard InChI is InChI=1S/C13H8F5N5O3S2/c14-6-1-7(3-19-2-6)23(28(24,25)13(17)18)5-9-20-4-8(27-9)11-21-22-12(26-11)10(15)16/h1-4,10,13H,5H2. The van der Waals surface area contributed by atoms with Crippen LogP contribution in [0.1, 0.15) is 17.3 Å². The van der Waals surface area contributed by atoms with Gasteiger partial charge < -0.3 is 4.42 Å². The molecule has 0 aliphatic carbocycles. The Morgan fingerprint density at radius 2 is 1.89 bits per heavy atom. The molecule has 0 bridgehead atoms. The summed E-state index contributed by atoms with van der Waals surface area (Å²) in [7, 11) is -5.16. The smallest absolute Gasteiger partial charge is 0.355 e. The van der Waals surface area contributed by atoms with Crippen LogP contribution in [0.25, 0.3) is 10.8 Å². The first-order valence-electron chi connectivity index (χ1n) is 7.15. The van der Waals surface area contributed by atoms with E-state index in [1.165, 1.54) is 0 Å². The van der Waals surface area contributed by atoms with Crippen molar-refractivity contribution in [2.24, 2.45) is 0 Å². The Morgan fingerprint density at radius 1 is 1.14 bits per heavy atom. The molecule has 0 saturated heterocycles. The number of thiazole rings is 1. The van der Waals surface area contributed by atoms with Gasteiger partial charge in [0.15, 0.2) is 0 Å². The Bertz CT molecular complexity index is 1070. The molecule has 0 saturated carbocycles. The first-order chi connectivity index (χ1) is 13.2. The molecular formula is C13H8F5N5O3S2. The van der Waals surface area contributed by atoms with Crippen LogP contribution in [0.15, 0.2) is 29.1 Å². The predicted molar refractivity (Wildman–Crippen MR) is 85.7 cm³/mol. The lowest BCUT2D eigenvalue weighted by Crippen LogP contribution is -2.35. The topological polar surface area (TPSA) is 102 Å². The molecule has 0 atom stereocenters. The summed E-state index contributed by atoms with van der Waals surface area (Å²) in [4.78, 5) is 7.40. The molecule has 0 radical (unpaired) electrons. The number of sulfonamides is 1. The average molecular weight is 441 g/mol. The van der Waals surface area contributed by atoms with E-state index in [0.717, 1.165) is 29.9 Å².